The summed E-state index contributed by atoms with van der Waals surface area (Å²) in [5.74, 6) is 0.432. The molecule has 0 aliphatic heterocycles. The number of nitrogens with zero attached hydrogens (tertiary/aromatic N) is 1. The van der Waals surface area contributed by atoms with Gasteiger partial charge in [-0.05, 0) is 24.8 Å². The second kappa shape index (κ2) is 5.28. The molecule has 2 rings (SSSR count). The zero-order valence-corrected chi connectivity index (χ0v) is 8.95. The highest BCUT2D eigenvalue weighted by molar-refractivity contribution is 4.97. The monoisotopic (exact) mass is 209 g/mol. The summed E-state index contributed by atoms with van der Waals surface area (Å²) in [7, 11) is 0. The van der Waals surface area contributed by atoms with Gasteiger partial charge in [0.15, 0.2) is 0 Å². The van der Waals surface area contributed by atoms with Gasteiger partial charge in [0.05, 0.1) is 0 Å². The first-order chi connectivity index (χ1) is 7.40. The van der Waals surface area contributed by atoms with Crippen molar-refractivity contribution in [3.05, 3.63) is 18.0 Å². The molecule has 4 nitrogen and oxygen atoms in total. The van der Waals surface area contributed by atoms with Gasteiger partial charge in [-0.2, -0.15) is 5.10 Å². The van der Waals surface area contributed by atoms with E-state index in [4.69, 9.17) is 0 Å². The number of aromatic nitrogens is 2. The van der Waals surface area contributed by atoms with Crippen LogP contribution in [0.15, 0.2) is 12.3 Å². The van der Waals surface area contributed by atoms with Crippen LogP contribution in [0.1, 0.15) is 31.4 Å². The first-order valence-electron chi connectivity index (χ1n) is 5.72. The number of aliphatic hydroxyl groups excluding tert-OH is 1. The van der Waals surface area contributed by atoms with Crippen molar-refractivity contribution in [3.8, 4) is 0 Å². The molecule has 0 bridgehead atoms. The lowest BCUT2D eigenvalue weighted by molar-refractivity contribution is 0.152. The minimum absolute atomic E-state index is 0.306. The van der Waals surface area contributed by atoms with Crippen molar-refractivity contribution in [3.63, 3.8) is 0 Å². The second-order valence-electron chi connectivity index (χ2n) is 4.30. The number of rotatable bonds is 4. The maximum Gasteiger partial charge on any atom is 0.0490 e. The van der Waals surface area contributed by atoms with E-state index in [0.29, 0.717) is 18.6 Å². The molecule has 3 N–H and O–H groups in total. The Bertz CT molecular complexity index is 273. The average Bonchev–Trinajstić information content (AvgIpc) is 2.79. The van der Waals surface area contributed by atoms with Crippen molar-refractivity contribution >= 4 is 0 Å². The third-order valence-electron chi connectivity index (χ3n) is 3.26. The lowest BCUT2D eigenvalue weighted by Crippen LogP contribution is -2.39. The summed E-state index contributed by atoms with van der Waals surface area (Å²) >= 11 is 0. The quantitative estimate of drug-likeness (QED) is 0.694. The molecule has 0 amide bonds. The van der Waals surface area contributed by atoms with Gasteiger partial charge < -0.3 is 10.4 Å². The molecule has 0 aromatic carbocycles. The lowest BCUT2D eigenvalue weighted by atomic mass is 9.85. The first kappa shape index (κ1) is 10.6. The molecule has 4 heteroatoms. The Morgan fingerprint density at radius 3 is 3.07 bits per heavy atom. The zero-order chi connectivity index (χ0) is 10.5. The van der Waals surface area contributed by atoms with E-state index < -0.39 is 0 Å². The van der Waals surface area contributed by atoms with Gasteiger partial charge in [-0.1, -0.05) is 12.8 Å². The van der Waals surface area contributed by atoms with Gasteiger partial charge in [0.1, 0.15) is 0 Å². The molecule has 84 valence electrons. The van der Waals surface area contributed by atoms with Crippen LogP contribution in [0.2, 0.25) is 0 Å². The molecule has 0 radical (unpaired) electrons. The molecule has 1 fully saturated rings. The van der Waals surface area contributed by atoms with Gasteiger partial charge in [-0.3, -0.25) is 5.10 Å². The van der Waals surface area contributed by atoms with E-state index >= 15 is 0 Å². The predicted molar refractivity (Wildman–Crippen MR) is 58.3 cm³/mol. The zero-order valence-electron chi connectivity index (χ0n) is 8.95. The largest absolute Gasteiger partial charge is 0.396 e. The Kier molecular flexibility index (Phi) is 3.75. The third kappa shape index (κ3) is 2.79. The number of aliphatic hydroxyl groups is 1. The van der Waals surface area contributed by atoms with Crippen LogP contribution in [0.3, 0.4) is 0 Å². The summed E-state index contributed by atoms with van der Waals surface area (Å²) in [5, 5.41) is 19.6. The lowest BCUT2D eigenvalue weighted by Gasteiger charge is -2.30. The molecule has 2 atom stereocenters. The molecule has 1 aliphatic rings. The number of hydrogen-bond acceptors (Lipinski definition) is 3. The minimum atomic E-state index is 0.306. The molecule has 1 aromatic rings. The van der Waals surface area contributed by atoms with Crippen molar-refractivity contribution < 1.29 is 5.11 Å². The smallest absolute Gasteiger partial charge is 0.0490 e. The Morgan fingerprint density at radius 1 is 1.47 bits per heavy atom. The first-order valence-corrected chi connectivity index (χ1v) is 5.72. The van der Waals surface area contributed by atoms with Crippen LogP contribution in [0.25, 0.3) is 0 Å². The van der Waals surface area contributed by atoms with Crippen LogP contribution in [0.5, 0.6) is 0 Å². The standard InChI is InChI=1S/C11H19N3O/c15-8-9-3-1-2-4-11(9)12-7-10-5-6-13-14-10/h5-6,9,11-12,15H,1-4,7-8H2,(H,13,14). The highest BCUT2D eigenvalue weighted by Crippen LogP contribution is 2.24. The third-order valence-corrected chi connectivity index (χ3v) is 3.26. The summed E-state index contributed by atoms with van der Waals surface area (Å²) in [6, 6.07) is 2.44. The van der Waals surface area contributed by atoms with Crippen LogP contribution in [-0.2, 0) is 6.54 Å². The molecule has 15 heavy (non-hydrogen) atoms. The fourth-order valence-corrected chi connectivity index (χ4v) is 2.32. The molecule has 1 saturated carbocycles. The summed E-state index contributed by atoms with van der Waals surface area (Å²) in [6.45, 7) is 1.13. The normalized spacial score (nSPS) is 26.7. The van der Waals surface area contributed by atoms with Crippen LogP contribution in [0.4, 0.5) is 0 Å². The summed E-state index contributed by atoms with van der Waals surface area (Å²) in [5.41, 5.74) is 1.11. The highest BCUT2D eigenvalue weighted by Gasteiger charge is 2.23. The Labute approximate surface area is 90.1 Å². The molecule has 2 unspecified atom stereocenters. The fraction of sp³-hybridized carbons (Fsp3) is 0.727. The molecular formula is C11H19N3O. The SMILES string of the molecule is OCC1CCCCC1NCc1ccn[nH]1. The second-order valence-corrected chi connectivity index (χ2v) is 4.30. The maximum absolute atomic E-state index is 9.26. The van der Waals surface area contributed by atoms with E-state index in [9.17, 15) is 5.11 Å². The van der Waals surface area contributed by atoms with E-state index in [0.717, 1.165) is 18.7 Å². The number of nitrogens with one attached hydrogen (secondary N) is 2. The maximum atomic E-state index is 9.26. The van der Waals surface area contributed by atoms with E-state index in [2.05, 4.69) is 15.5 Å². The van der Waals surface area contributed by atoms with Gasteiger partial charge in [-0.25, -0.2) is 0 Å². The van der Waals surface area contributed by atoms with Gasteiger partial charge in [0.25, 0.3) is 0 Å². The molecule has 1 aromatic heterocycles. The molecule has 1 heterocycles. The number of H-pyrrole nitrogens is 1. The van der Waals surface area contributed by atoms with Crippen LogP contribution < -0.4 is 5.32 Å². The summed E-state index contributed by atoms with van der Waals surface area (Å²) < 4.78 is 0. The Morgan fingerprint density at radius 2 is 2.33 bits per heavy atom. The molecule has 0 spiro atoms. The van der Waals surface area contributed by atoms with Crippen molar-refractivity contribution in [2.24, 2.45) is 5.92 Å². The van der Waals surface area contributed by atoms with Crippen molar-refractivity contribution in [2.75, 3.05) is 6.61 Å². The minimum Gasteiger partial charge on any atom is -0.396 e. The molecular weight excluding hydrogens is 190 g/mol. The van der Waals surface area contributed by atoms with E-state index in [1.165, 1.54) is 19.3 Å². The van der Waals surface area contributed by atoms with Crippen molar-refractivity contribution in [1.29, 1.82) is 0 Å². The Balaban J connectivity index is 1.81. The average molecular weight is 209 g/mol. The summed E-state index contributed by atoms with van der Waals surface area (Å²) in [6.07, 6.45) is 6.63. The fourth-order valence-electron chi connectivity index (χ4n) is 2.32. The molecule has 0 saturated heterocycles. The van der Waals surface area contributed by atoms with E-state index in [1.54, 1.807) is 6.20 Å². The molecule has 1 aliphatic carbocycles. The van der Waals surface area contributed by atoms with Crippen LogP contribution in [0, 0.1) is 5.92 Å². The van der Waals surface area contributed by atoms with Gasteiger partial charge in [-0.15, -0.1) is 0 Å². The van der Waals surface area contributed by atoms with Gasteiger partial charge in [0.2, 0.25) is 0 Å². The van der Waals surface area contributed by atoms with Gasteiger partial charge >= 0.3 is 0 Å². The highest BCUT2D eigenvalue weighted by atomic mass is 16.3. The van der Waals surface area contributed by atoms with Crippen molar-refractivity contribution in [1.82, 2.24) is 15.5 Å². The number of aromatic amines is 1. The number of hydrogen-bond donors (Lipinski definition) is 3. The van der Waals surface area contributed by atoms with Crippen LogP contribution in [-0.4, -0.2) is 28.0 Å². The van der Waals surface area contributed by atoms with Crippen molar-refractivity contribution in [2.45, 2.75) is 38.3 Å². The van der Waals surface area contributed by atoms with Gasteiger partial charge in [0, 0.05) is 31.1 Å². The Hall–Kier alpha value is -0.870. The summed E-state index contributed by atoms with van der Waals surface area (Å²) in [4.78, 5) is 0. The van der Waals surface area contributed by atoms with Crippen LogP contribution >= 0.6 is 0 Å². The topological polar surface area (TPSA) is 60.9 Å². The van der Waals surface area contributed by atoms with E-state index in [1.807, 2.05) is 6.07 Å². The predicted octanol–water partition coefficient (Wildman–Crippen LogP) is 1.05. The van der Waals surface area contributed by atoms with E-state index in [-0.39, 0.29) is 0 Å².